The molecule has 84 valence electrons. The first-order chi connectivity index (χ1) is 8.45. The fourth-order valence-electron chi connectivity index (χ4n) is 2.12. The molecule has 0 atom stereocenters. The molecule has 0 amide bonds. The Morgan fingerprint density at radius 2 is 1.00 bits per heavy atom. The van der Waals surface area contributed by atoms with Crippen LogP contribution in [-0.2, 0) is 37.4 Å². The molecule has 0 saturated carbocycles. The van der Waals surface area contributed by atoms with E-state index in [4.69, 9.17) is 0 Å². The second-order valence-corrected chi connectivity index (χ2v) is 12.8. The monoisotopic (exact) mass is 412 g/mol. The van der Waals surface area contributed by atoms with Crippen molar-refractivity contribution in [3.05, 3.63) is 71.8 Å². The van der Waals surface area contributed by atoms with Gasteiger partial charge in [-0.2, -0.15) is 0 Å². The number of hydrogen-bond acceptors (Lipinski definition) is 0. The average Bonchev–Trinajstić information content (AvgIpc) is 2.41. The molecule has 0 bridgehead atoms. The minimum absolute atomic E-state index is 0.596. The SMILES string of the molecule is c1ccc(C[CH2][Hg][CH2]Cc2ccccc2)cc1. The van der Waals surface area contributed by atoms with Crippen LogP contribution < -0.4 is 0 Å². The van der Waals surface area contributed by atoms with Gasteiger partial charge in [-0.05, 0) is 0 Å². The van der Waals surface area contributed by atoms with E-state index in [1.54, 1.807) is 0 Å². The van der Waals surface area contributed by atoms with Gasteiger partial charge >= 0.3 is 117 Å². The van der Waals surface area contributed by atoms with Crippen LogP contribution in [0.3, 0.4) is 0 Å². The molecule has 0 aliphatic rings. The van der Waals surface area contributed by atoms with Crippen LogP contribution in [0.15, 0.2) is 60.7 Å². The van der Waals surface area contributed by atoms with Crippen molar-refractivity contribution in [1.29, 1.82) is 0 Å². The molecule has 0 nitrogen and oxygen atoms in total. The summed E-state index contributed by atoms with van der Waals surface area (Å²) in [6.45, 7) is 0. The van der Waals surface area contributed by atoms with E-state index in [-0.39, 0.29) is 0 Å². The van der Waals surface area contributed by atoms with E-state index >= 15 is 0 Å². The van der Waals surface area contributed by atoms with Crippen LogP contribution in [0.25, 0.3) is 0 Å². The summed E-state index contributed by atoms with van der Waals surface area (Å²) in [7, 11) is 0. The zero-order valence-corrected chi connectivity index (χ0v) is 15.8. The van der Waals surface area contributed by atoms with Gasteiger partial charge < -0.3 is 0 Å². The molecule has 0 fully saturated rings. The van der Waals surface area contributed by atoms with Gasteiger partial charge in [0.05, 0.1) is 0 Å². The summed E-state index contributed by atoms with van der Waals surface area (Å²) in [5, 5.41) is 0. The molecule has 2 rings (SSSR count). The van der Waals surface area contributed by atoms with Crippen LogP contribution in [0.5, 0.6) is 0 Å². The predicted octanol–water partition coefficient (Wildman–Crippen LogP) is 4.39. The molecule has 0 radical (unpaired) electrons. The Bertz CT molecular complexity index is 367. The van der Waals surface area contributed by atoms with Crippen molar-refractivity contribution in [2.45, 2.75) is 20.7 Å². The van der Waals surface area contributed by atoms with Crippen LogP contribution in [0, 0.1) is 0 Å². The third-order valence-corrected chi connectivity index (χ3v) is 9.75. The van der Waals surface area contributed by atoms with Crippen molar-refractivity contribution < 1.29 is 24.6 Å². The van der Waals surface area contributed by atoms with Crippen LogP contribution >= 0.6 is 0 Å². The van der Waals surface area contributed by atoms with Crippen LogP contribution in [0.2, 0.25) is 7.86 Å². The van der Waals surface area contributed by atoms with Gasteiger partial charge in [0.1, 0.15) is 0 Å². The van der Waals surface area contributed by atoms with Crippen LogP contribution in [0.1, 0.15) is 11.1 Å². The molecule has 0 saturated heterocycles. The van der Waals surface area contributed by atoms with Gasteiger partial charge in [0, 0.05) is 0 Å². The van der Waals surface area contributed by atoms with E-state index in [1.807, 2.05) is 0 Å². The summed E-state index contributed by atoms with van der Waals surface area (Å²) >= 11 is -0.596. The molecule has 0 heterocycles. The van der Waals surface area contributed by atoms with Crippen molar-refractivity contribution in [2.24, 2.45) is 0 Å². The number of rotatable bonds is 6. The van der Waals surface area contributed by atoms with Crippen molar-refractivity contribution in [3.63, 3.8) is 0 Å². The van der Waals surface area contributed by atoms with Crippen molar-refractivity contribution in [3.8, 4) is 0 Å². The fraction of sp³-hybridized carbons (Fsp3) is 0.250. The zero-order valence-electron chi connectivity index (χ0n) is 10.3. The Morgan fingerprint density at radius 1 is 0.588 bits per heavy atom. The maximum absolute atomic E-state index is 2.25. The van der Waals surface area contributed by atoms with Gasteiger partial charge in [-0.25, -0.2) is 0 Å². The Kier molecular flexibility index (Phi) is 5.77. The summed E-state index contributed by atoms with van der Waals surface area (Å²) in [5.41, 5.74) is 3.04. The van der Waals surface area contributed by atoms with E-state index in [9.17, 15) is 0 Å². The quantitative estimate of drug-likeness (QED) is 0.489. The number of aryl methyl sites for hydroxylation is 2. The standard InChI is InChI=1S/2C8H9.Hg/c2*1-2-8-6-4-3-5-7-8;/h2*3-7H,1-2H2;. The van der Waals surface area contributed by atoms with Crippen molar-refractivity contribution in [2.75, 3.05) is 0 Å². The molecule has 0 unspecified atom stereocenters. The first-order valence-corrected chi connectivity index (χ1v) is 14.3. The summed E-state index contributed by atoms with van der Waals surface area (Å²) in [5.74, 6) is 0. The molecule has 17 heavy (non-hydrogen) atoms. The van der Waals surface area contributed by atoms with Gasteiger partial charge in [-0.1, -0.05) is 0 Å². The van der Waals surface area contributed by atoms with Crippen molar-refractivity contribution >= 4 is 0 Å². The minimum atomic E-state index is -0.596. The molecule has 1 heteroatoms. The topological polar surface area (TPSA) is 0 Å². The van der Waals surface area contributed by atoms with Gasteiger partial charge in [0.25, 0.3) is 0 Å². The molecule has 0 aliphatic heterocycles. The van der Waals surface area contributed by atoms with E-state index in [1.165, 1.54) is 31.8 Å². The van der Waals surface area contributed by atoms with Gasteiger partial charge in [-0.3, -0.25) is 0 Å². The van der Waals surface area contributed by atoms with Gasteiger partial charge in [0.2, 0.25) is 0 Å². The molecule has 0 N–H and O–H groups in total. The summed E-state index contributed by atoms with van der Waals surface area (Å²) < 4.78 is 3.05. The van der Waals surface area contributed by atoms with Crippen LogP contribution in [0.4, 0.5) is 0 Å². The predicted molar refractivity (Wildman–Crippen MR) is 69.9 cm³/mol. The average molecular weight is 411 g/mol. The molecule has 2 aromatic carbocycles. The zero-order chi connectivity index (χ0) is 11.8. The second kappa shape index (κ2) is 7.65. The molecular formula is C16H18Hg. The summed E-state index contributed by atoms with van der Waals surface area (Å²) in [4.78, 5) is 0. The van der Waals surface area contributed by atoms with Gasteiger partial charge in [0.15, 0.2) is 0 Å². The third kappa shape index (κ3) is 5.03. The molecule has 0 aliphatic carbocycles. The first kappa shape index (κ1) is 12.8. The fourth-order valence-corrected chi connectivity index (χ4v) is 8.62. The summed E-state index contributed by atoms with van der Waals surface area (Å²) in [6.07, 6.45) is 2.63. The second-order valence-electron chi connectivity index (χ2n) is 4.53. The van der Waals surface area contributed by atoms with Gasteiger partial charge in [-0.15, -0.1) is 0 Å². The Labute approximate surface area is 117 Å². The van der Waals surface area contributed by atoms with Crippen molar-refractivity contribution in [1.82, 2.24) is 0 Å². The molecule has 0 aromatic heterocycles. The maximum atomic E-state index is 2.25. The molecule has 0 spiro atoms. The van der Waals surface area contributed by atoms with E-state index in [0.29, 0.717) is 0 Å². The summed E-state index contributed by atoms with van der Waals surface area (Å²) in [6, 6.07) is 21.8. The number of hydrogen-bond donors (Lipinski definition) is 0. The molecule has 2 aromatic rings. The van der Waals surface area contributed by atoms with E-state index in [2.05, 4.69) is 60.7 Å². The third-order valence-electron chi connectivity index (χ3n) is 3.12. The van der Waals surface area contributed by atoms with E-state index < -0.39 is 24.6 Å². The Balaban J connectivity index is 1.61. The first-order valence-electron chi connectivity index (χ1n) is 6.53. The van der Waals surface area contributed by atoms with Crippen LogP contribution in [-0.4, -0.2) is 0 Å². The van der Waals surface area contributed by atoms with E-state index in [0.717, 1.165) is 0 Å². The Hall–Kier alpha value is -0.625. The normalized spacial score (nSPS) is 9.88. The number of benzene rings is 2. The molecular weight excluding hydrogens is 393 g/mol. The Morgan fingerprint density at radius 3 is 1.41 bits per heavy atom.